The van der Waals surface area contributed by atoms with Gasteiger partial charge in [0, 0.05) is 0 Å². The van der Waals surface area contributed by atoms with Gasteiger partial charge in [-0.15, -0.1) is 0 Å². The fourth-order valence-corrected chi connectivity index (χ4v) is 4.02. The highest BCUT2D eigenvalue weighted by Gasteiger charge is 2.44. The highest BCUT2D eigenvalue weighted by Crippen LogP contribution is 2.69. The quantitative estimate of drug-likeness (QED) is 0.310. The van der Waals surface area contributed by atoms with Crippen molar-refractivity contribution in [3.63, 3.8) is 0 Å². The van der Waals surface area contributed by atoms with E-state index in [9.17, 15) is 0 Å². The Labute approximate surface area is 91.0 Å². The molecule has 0 aromatic rings. The normalized spacial score (nSPS) is 18.9. The van der Waals surface area contributed by atoms with Gasteiger partial charge in [-0.3, -0.25) is 0 Å². The van der Waals surface area contributed by atoms with Gasteiger partial charge in [0.15, 0.2) is 0 Å². The molecule has 1 heterocycles. The largest absolute Gasteiger partial charge is 0.0818 e. The van der Waals surface area contributed by atoms with Crippen LogP contribution in [0.15, 0.2) is 0 Å². The highest BCUT2D eigenvalue weighted by atomic mass is 33.2. The van der Waals surface area contributed by atoms with Crippen LogP contribution in [0.3, 0.4) is 0 Å². The van der Waals surface area contributed by atoms with E-state index in [4.69, 9.17) is 0 Å². The van der Waals surface area contributed by atoms with Crippen LogP contribution in [0.4, 0.5) is 0 Å². The summed E-state index contributed by atoms with van der Waals surface area (Å²) in [5, 5.41) is 0. The van der Waals surface area contributed by atoms with Crippen molar-refractivity contribution < 1.29 is 0 Å². The van der Waals surface area contributed by atoms with Crippen LogP contribution in [0.2, 0.25) is 0 Å². The Morgan fingerprint density at radius 2 is 1.23 bits per heavy atom. The van der Waals surface area contributed by atoms with Crippen LogP contribution in [0, 0.1) is 0 Å². The van der Waals surface area contributed by atoms with Gasteiger partial charge in [-0.05, 0) is 12.8 Å². The predicted octanol–water partition coefficient (Wildman–Crippen LogP) is 5.24. The lowest BCUT2D eigenvalue weighted by Crippen LogP contribution is -2.04. The van der Waals surface area contributed by atoms with Crippen LogP contribution in [-0.2, 0) is 0 Å². The molecule has 0 spiro atoms. The summed E-state index contributed by atoms with van der Waals surface area (Å²) in [7, 11) is 4.27. The molecule has 1 aliphatic heterocycles. The average Bonchev–Trinajstić information content (AvgIpc) is 2.87. The van der Waals surface area contributed by atoms with E-state index in [2.05, 4.69) is 35.4 Å². The number of hydrogen-bond donors (Lipinski definition) is 0. The molecule has 2 heteroatoms. The van der Waals surface area contributed by atoms with E-state index in [1.807, 2.05) is 0 Å². The van der Waals surface area contributed by atoms with E-state index in [1.54, 1.807) is 0 Å². The van der Waals surface area contributed by atoms with Gasteiger partial charge in [-0.25, -0.2) is 0 Å². The summed E-state index contributed by atoms with van der Waals surface area (Å²) in [4.78, 5) is 0. The van der Waals surface area contributed by atoms with Gasteiger partial charge in [0.2, 0.25) is 0 Å². The molecular weight excluding hydrogens is 196 g/mol. The molecule has 0 amide bonds. The third-order valence-corrected chi connectivity index (χ3v) is 6.01. The van der Waals surface area contributed by atoms with Crippen molar-refractivity contribution in [3.8, 4) is 0 Å². The number of rotatable bonds is 8. The maximum absolute atomic E-state index is 2.29. The van der Waals surface area contributed by atoms with Gasteiger partial charge >= 0.3 is 0 Å². The number of hydrogen-bond acceptors (Lipinski definition) is 2. The lowest BCUT2D eigenvalue weighted by atomic mass is 10.1. The Balaban J connectivity index is 2.01. The van der Waals surface area contributed by atoms with Crippen LogP contribution < -0.4 is 0 Å². The van der Waals surface area contributed by atoms with Crippen molar-refractivity contribution in [1.82, 2.24) is 0 Å². The van der Waals surface area contributed by atoms with Crippen molar-refractivity contribution in [2.45, 2.75) is 69.3 Å². The van der Waals surface area contributed by atoms with Gasteiger partial charge < -0.3 is 0 Å². The topological polar surface area (TPSA) is 0 Å². The smallest absolute Gasteiger partial charge is 0.0739 e. The minimum Gasteiger partial charge on any atom is -0.0739 e. The monoisotopic (exact) mass is 218 g/mol. The summed E-state index contributed by atoms with van der Waals surface area (Å²) >= 11 is 0. The fourth-order valence-electron chi connectivity index (χ4n) is 1.64. The molecule has 0 aromatic carbocycles. The second-order valence-electron chi connectivity index (χ2n) is 3.99. The lowest BCUT2D eigenvalue weighted by Gasteiger charge is -2.10. The van der Waals surface area contributed by atoms with E-state index in [0.717, 1.165) is 0 Å². The van der Waals surface area contributed by atoms with Crippen molar-refractivity contribution in [2.75, 3.05) is 0 Å². The Morgan fingerprint density at radius 3 is 1.54 bits per heavy atom. The Morgan fingerprint density at radius 1 is 0.769 bits per heavy atom. The molecule has 0 atom stereocenters. The molecule has 1 fully saturated rings. The minimum absolute atomic E-state index is 0.685. The van der Waals surface area contributed by atoms with Gasteiger partial charge in [0.05, 0.1) is 4.08 Å². The Kier molecular flexibility index (Phi) is 5.65. The zero-order valence-electron chi connectivity index (χ0n) is 8.97. The standard InChI is InChI=1S/C11H22S2/c1-3-5-7-9-11(12-13-11)10-8-6-4-2/h3-10H2,1-2H3. The summed E-state index contributed by atoms with van der Waals surface area (Å²) < 4.78 is 0.685. The third-order valence-electron chi connectivity index (χ3n) is 2.64. The molecule has 0 saturated carbocycles. The summed E-state index contributed by atoms with van der Waals surface area (Å²) in [5.41, 5.74) is 0. The second-order valence-corrected chi connectivity index (χ2v) is 7.15. The molecule has 0 aromatic heterocycles. The van der Waals surface area contributed by atoms with E-state index in [1.165, 1.54) is 51.4 Å². The van der Waals surface area contributed by atoms with Gasteiger partial charge in [-0.1, -0.05) is 74.0 Å². The van der Waals surface area contributed by atoms with Crippen molar-refractivity contribution >= 4 is 21.6 Å². The van der Waals surface area contributed by atoms with E-state index >= 15 is 0 Å². The van der Waals surface area contributed by atoms with Crippen LogP contribution in [-0.4, -0.2) is 4.08 Å². The first-order valence-corrected chi connectivity index (χ1v) is 7.85. The average molecular weight is 218 g/mol. The van der Waals surface area contributed by atoms with Crippen LogP contribution in [0.25, 0.3) is 0 Å². The lowest BCUT2D eigenvalue weighted by molar-refractivity contribution is 0.569. The molecule has 1 aliphatic rings. The molecule has 0 aliphatic carbocycles. The first kappa shape index (κ1) is 11.8. The zero-order chi connectivity index (χ0) is 9.57. The molecule has 0 N–H and O–H groups in total. The molecular formula is C11H22S2. The second kappa shape index (κ2) is 6.23. The Hall–Kier alpha value is 0.700. The van der Waals surface area contributed by atoms with Crippen molar-refractivity contribution in [2.24, 2.45) is 0 Å². The van der Waals surface area contributed by atoms with Gasteiger partial charge in [0.1, 0.15) is 0 Å². The van der Waals surface area contributed by atoms with Crippen LogP contribution in [0.5, 0.6) is 0 Å². The predicted molar refractivity (Wildman–Crippen MR) is 66.2 cm³/mol. The molecule has 0 nitrogen and oxygen atoms in total. The van der Waals surface area contributed by atoms with Gasteiger partial charge in [-0.2, -0.15) is 0 Å². The van der Waals surface area contributed by atoms with E-state index in [-0.39, 0.29) is 0 Å². The molecule has 1 rings (SSSR count). The number of unbranched alkanes of at least 4 members (excludes halogenated alkanes) is 4. The van der Waals surface area contributed by atoms with Gasteiger partial charge in [0.25, 0.3) is 0 Å². The molecule has 0 unspecified atom stereocenters. The molecule has 0 radical (unpaired) electrons. The fraction of sp³-hybridized carbons (Fsp3) is 1.00. The van der Waals surface area contributed by atoms with E-state index in [0.29, 0.717) is 4.08 Å². The minimum atomic E-state index is 0.685. The Bertz CT molecular complexity index is 118. The van der Waals surface area contributed by atoms with Crippen molar-refractivity contribution in [3.05, 3.63) is 0 Å². The van der Waals surface area contributed by atoms with E-state index < -0.39 is 0 Å². The SMILES string of the molecule is CCCCCC1(CCCCC)SS1. The zero-order valence-corrected chi connectivity index (χ0v) is 10.6. The molecule has 13 heavy (non-hydrogen) atoms. The summed E-state index contributed by atoms with van der Waals surface area (Å²) in [6, 6.07) is 0. The third kappa shape index (κ3) is 4.64. The van der Waals surface area contributed by atoms with Crippen LogP contribution >= 0.6 is 21.6 Å². The van der Waals surface area contributed by atoms with Crippen LogP contribution in [0.1, 0.15) is 65.2 Å². The summed E-state index contributed by atoms with van der Waals surface area (Å²) in [6.45, 7) is 4.58. The molecule has 0 bridgehead atoms. The maximum Gasteiger partial charge on any atom is 0.0818 e. The molecule has 78 valence electrons. The summed E-state index contributed by atoms with van der Waals surface area (Å²) in [5.74, 6) is 0. The summed E-state index contributed by atoms with van der Waals surface area (Å²) in [6.07, 6.45) is 11.4. The van der Waals surface area contributed by atoms with Crippen molar-refractivity contribution in [1.29, 1.82) is 0 Å². The maximum atomic E-state index is 2.29. The highest BCUT2D eigenvalue weighted by molar-refractivity contribution is 8.93. The molecule has 1 saturated heterocycles. The first-order valence-electron chi connectivity index (χ1n) is 5.70. The first-order chi connectivity index (χ1) is 6.33.